The van der Waals surface area contributed by atoms with Gasteiger partial charge in [-0.2, -0.15) is 5.10 Å². The van der Waals surface area contributed by atoms with Gasteiger partial charge in [-0.25, -0.2) is 10.4 Å². The Morgan fingerprint density at radius 3 is 2.74 bits per heavy atom. The van der Waals surface area contributed by atoms with Crippen molar-refractivity contribution in [2.45, 2.75) is 13.5 Å². The van der Waals surface area contributed by atoms with Gasteiger partial charge in [0.1, 0.15) is 6.61 Å². The van der Waals surface area contributed by atoms with E-state index in [2.05, 4.69) is 36.4 Å². The van der Waals surface area contributed by atoms with Gasteiger partial charge in [-0.3, -0.25) is 0 Å². The number of rotatable bonds is 8. The number of hydrazone groups is 1. The molecular weight excluding hydrogens is 480 g/mol. The van der Waals surface area contributed by atoms with Crippen LogP contribution in [0.25, 0.3) is 11.0 Å². The number of hydrogen-bond acceptors (Lipinski definition) is 5. The molecule has 1 heterocycles. The molecule has 158 valence electrons. The lowest BCUT2D eigenvalue weighted by Crippen LogP contribution is -2.02. The van der Waals surface area contributed by atoms with Crippen molar-refractivity contribution in [1.29, 1.82) is 0 Å². The fourth-order valence-corrected chi connectivity index (χ4v) is 3.77. The second-order valence-corrected chi connectivity index (χ2v) is 7.88. The van der Waals surface area contributed by atoms with Gasteiger partial charge in [0.25, 0.3) is 0 Å². The minimum atomic E-state index is 0.333. The van der Waals surface area contributed by atoms with E-state index < -0.39 is 0 Å². The van der Waals surface area contributed by atoms with Crippen LogP contribution in [0.15, 0.2) is 70.2 Å². The first-order valence-corrected chi connectivity index (χ1v) is 10.9. The number of nitrogens with zero attached hydrogens (tertiary/aromatic N) is 2. The van der Waals surface area contributed by atoms with Crippen LogP contribution in [0.1, 0.15) is 18.1 Å². The number of aromatic amines is 1. The molecule has 4 aromatic rings. The van der Waals surface area contributed by atoms with E-state index >= 15 is 0 Å². The van der Waals surface area contributed by atoms with Crippen LogP contribution in [0.5, 0.6) is 11.5 Å². The molecule has 0 unspecified atom stereocenters. The van der Waals surface area contributed by atoms with Crippen LogP contribution in [-0.2, 0) is 6.61 Å². The van der Waals surface area contributed by atoms with E-state index in [1.165, 1.54) is 0 Å². The predicted octanol–water partition coefficient (Wildman–Crippen LogP) is 6.40. The van der Waals surface area contributed by atoms with Gasteiger partial charge in [-0.1, -0.05) is 41.9 Å². The molecule has 0 spiro atoms. The van der Waals surface area contributed by atoms with E-state index in [1.54, 1.807) is 6.21 Å². The van der Waals surface area contributed by atoms with E-state index in [1.807, 2.05) is 67.6 Å². The highest BCUT2D eigenvalue weighted by Gasteiger charge is 2.13. The first kappa shape index (κ1) is 21.2. The van der Waals surface area contributed by atoms with E-state index in [9.17, 15) is 0 Å². The van der Waals surface area contributed by atoms with Gasteiger partial charge in [0, 0.05) is 10.6 Å². The Kier molecular flexibility index (Phi) is 6.74. The Hall–Kier alpha value is -3.03. The fourth-order valence-electron chi connectivity index (χ4n) is 3.00. The number of nitrogens with one attached hydrogen (secondary N) is 2. The van der Waals surface area contributed by atoms with E-state index in [-0.39, 0.29) is 0 Å². The highest BCUT2D eigenvalue weighted by atomic mass is 79.9. The normalized spacial score (nSPS) is 11.2. The van der Waals surface area contributed by atoms with Crippen LogP contribution in [0.2, 0.25) is 5.02 Å². The molecular formula is C23H20BrClN4O2. The highest BCUT2D eigenvalue weighted by Crippen LogP contribution is 2.37. The molecule has 3 aromatic carbocycles. The van der Waals surface area contributed by atoms with Crippen molar-refractivity contribution >= 4 is 50.7 Å². The van der Waals surface area contributed by atoms with Gasteiger partial charge in [0.05, 0.1) is 28.3 Å². The number of aromatic nitrogens is 2. The van der Waals surface area contributed by atoms with Crippen molar-refractivity contribution in [2.75, 3.05) is 12.0 Å². The van der Waals surface area contributed by atoms with Crippen LogP contribution in [0.4, 0.5) is 5.95 Å². The van der Waals surface area contributed by atoms with Gasteiger partial charge < -0.3 is 14.5 Å². The minimum Gasteiger partial charge on any atom is -0.490 e. The third-order valence-corrected chi connectivity index (χ3v) is 5.39. The van der Waals surface area contributed by atoms with Gasteiger partial charge in [0.15, 0.2) is 11.5 Å². The first-order chi connectivity index (χ1) is 15.1. The quantitative estimate of drug-likeness (QED) is 0.217. The van der Waals surface area contributed by atoms with Gasteiger partial charge in [-0.15, -0.1) is 0 Å². The van der Waals surface area contributed by atoms with Crippen molar-refractivity contribution in [3.63, 3.8) is 0 Å². The zero-order valence-electron chi connectivity index (χ0n) is 16.7. The predicted molar refractivity (Wildman–Crippen MR) is 128 cm³/mol. The zero-order valence-corrected chi connectivity index (χ0v) is 19.1. The maximum absolute atomic E-state index is 6.24. The molecule has 0 saturated carbocycles. The van der Waals surface area contributed by atoms with Crippen LogP contribution in [-0.4, -0.2) is 22.8 Å². The van der Waals surface area contributed by atoms with E-state index in [0.717, 1.165) is 26.6 Å². The Labute approximate surface area is 193 Å². The number of ether oxygens (including phenoxy) is 2. The molecule has 8 heteroatoms. The summed E-state index contributed by atoms with van der Waals surface area (Å²) in [6.07, 6.45) is 1.69. The molecule has 0 aliphatic heterocycles. The lowest BCUT2D eigenvalue weighted by Gasteiger charge is -2.15. The Bertz CT molecular complexity index is 1190. The molecule has 0 radical (unpaired) electrons. The third kappa shape index (κ3) is 5.18. The summed E-state index contributed by atoms with van der Waals surface area (Å²) in [6.45, 7) is 2.77. The number of H-pyrrole nitrogens is 1. The molecule has 4 rings (SSSR count). The van der Waals surface area contributed by atoms with Crippen LogP contribution in [0.3, 0.4) is 0 Å². The molecule has 0 amide bonds. The maximum Gasteiger partial charge on any atom is 0.222 e. The summed E-state index contributed by atoms with van der Waals surface area (Å²) >= 11 is 9.82. The summed E-state index contributed by atoms with van der Waals surface area (Å²) in [6, 6.07) is 19.2. The van der Waals surface area contributed by atoms with Crippen molar-refractivity contribution < 1.29 is 9.47 Å². The van der Waals surface area contributed by atoms with E-state index in [4.69, 9.17) is 21.1 Å². The summed E-state index contributed by atoms with van der Waals surface area (Å²) in [7, 11) is 0. The van der Waals surface area contributed by atoms with Crippen LogP contribution >= 0.6 is 27.5 Å². The lowest BCUT2D eigenvalue weighted by molar-refractivity contribution is 0.267. The maximum atomic E-state index is 6.24. The van der Waals surface area contributed by atoms with Crippen LogP contribution in [0, 0.1) is 0 Å². The average Bonchev–Trinajstić information content (AvgIpc) is 3.17. The molecule has 31 heavy (non-hydrogen) atoms. The second-order valence-electron chi connectivity index (χ2n) is 6.62. The summed E-state index contributed by atoms with van der Waals surface area (Å²) < 4.78 is 12.6. The van der Waals surface area contributed by atoms with Crippen LogP contribution < -0.4 is 14.9 Å². The lowest BCUT2D eigenvalue weighted by atomic mass is 10.2. The van der Waals surface area contributed by atoms with Crippen molar-refractivity contribution in [1.82, 2.24) is 9.97 Å². The molecule has 0 saturated heterocycles. The standard InChI is InChI=1S/C23H20BrClN4O2/c1-2-30-21-12-15(13-26-29-23-27-19-9-5-6-10-20(19)28-23)11-17(24)22(21)31-14-16-7-3-4-8-18(16)25/h3-13H,2,14H2,1H3,(H2,27,28,29)/b26-13+. The number of anilines is 1. The van der Waals surface area contributed by atoms with Gasteiger partial charge in [0.2, 0.25) is 5.95 Å². The average molecular weight is 500 g/mol. The Balaban J connectivity index is 1.50. The number of fused-ring (bicyclic) bond motifs is 1. The molecule has 2 N–H and O–H groups in total. The number of para-hydroxylation sites is 2. The van der Waals surface area contributed by atoms with Crippen molar-refractivity contribution in [3.05, 3.63) is 81.3 Å². The molecule has 0 atom stereocenters. The topological polar surface area (TPSA) is 71.5 Å². The summed E-state index contributed by atoms with van der Waals surface area (Å²) in [5, 5.41) is 4.94. The number of halogens is 2. The molecule has 0 aliphatic carbocycles. The first-order valence-electron chi connectivity index (χ1n) is 9.70. The molecule has 6 nitrogen and oxygen atoms in total. The van der Waals surface area contributed by atoms with Crippen molar-refractivity contribution in [3.8, 4) is 11.5 Å². The monoisotopic (exact) mass is 498 g/mol. The van der Waals surface area contributed by atoms with E-state index in [0.29, 0.717) is 35.7 Å². The largest absolute Gasteiger partial charge is 0.490 e. The number of hydrogen-bond donors (Lipinski definition) is 2. The number of benzene rings is 3. The third-order valence-electron chi connectivity index (χ3n) is 4.43. The SMILES string of the molecule is CCOc1cc(/C=N/Nc2nc3ccccc3[nH]2)cc(Br)c1OCc1ccccc1Cl. The minimum absolute atomic E-state index is 0.333. The Morgan fingerprint density at radius 2 is 1.94 bits per heavy atom. The van der Waals surface area contributed by atoms with Gasteiger partial charge >= 0.3 is 0 Å². The molecule has 1 aromatic heterocycles. The molecule has 0 bridgehead atoms. The highest BCUT2D eigenvalue weighted by molar-refractivity contribution is 9.10. The molecule has 0 aliphatic rings. The second kappa shape index (κ2) is 9.85. The Morgan fingerprint density at radius 1 is 1.13 bits per heavy atom. The fraction of sp³-hybridized carbons (Fsp3) is 0.130. The molecule has 0 fully saturated rings. The van der Waals surface area contributed by atoms with Gasteiger partial charge in [-0.05, 0) is 58.7 Å². The summed E-state index contributed by atoms with van der Waals surface area (Å²) in [4.78, 5) is 7.61. The number of imidazole rings is 1. The summed E-state index contributed by atoms with van der Waals surface area (Å²) in [5.41, 5.74) is 6.48. The van der Waals surface area contributed by atoms with Crippen molar-refractivity contribution in [2.24, 2.45) is 5.10 Å². The zero-order chi connectivity index (χ0) is 21.6. The smallest absolute Gasteiger partial charge is 0.222 e. The summed E-state index contributed by atoms with van der Waals surface area (Å²) in [5.74, 6) is 1.81.